The maximum absolute atomic E-state index is 11.0. The number of hydrogen-bond acceptors (Lipinski definition) is 6. The molecule has 0 bridgehead atoms. The third-order valence-corrected chi connectivity index (χ3v) is 2.96. The highest BCUT2D eigenvalue weighted by molar-refractivity contribution is 7.99. The Morgan fingerprint density at radius 1 is 1.56 bits per heavy atom. The molecule has 16 heavy (non-hydrogen) atoms. The molecule has 1 heterocycles. The van der Waals surface area contributed by atoms with E-state index >= 15 is 0 Å². The number of thioether (sulfide) groups is 1. The van der Waals surface area contributed by atoms with Gasteiger partial charge in [0.2, 0.25) is 0 Å². The molecule has 0 radical (unpaired) electrons. The Bertz CT molecular complexity index is 353. The summed E-state index contributed by atoms with van der Waals surface area (Å²) in [5.74, 6) is 0.838. The quantitative estimate of drug-likeness (QED) is 0.563. The Kier molecular flexibility index (Phi) is 5.27. The average Bonchev–Trinajstić information content (AvgIpc) is 2.68. The first kappa shape index (κ1) is 13.0. The predicted molar refractivity (Wildman–Crippen MR) is 61.2 cm³/mol. The first-order valence-corrected chi connectivity index (χ1v) is 6.03. The normalized spacial score (nSPS) is 10.4. The van der Waals surface area contributed by atoms with E-state index in [2.05, 4.69) is 14.9 Å². The highest BCUT2D eigenvalue weighted by Gasteiger charge is 2.12. The smallest absolute Gasteiger partial charge is 0.316 e. The van der Waals surface area contributed by atoms with Crippen LogP contribution in [0.15, 0.2) is 5.16 Å². The van der Waals surface area contributed by atoms with Crippen molar-refractivity contribution < 1.29 is 9.53 Å². The Morgan fingerprint density at radius 3 is 2.88 bits per heavy atom. The van der Waals surface area contributed by atoms with Gasteiger partial charge in [-0.1, -0.05) is 11.8 Å². The molecule has 2 N–H and O–H groups in total. The second kappa shape index (κ2) is 6.49. The third-order valence-electron chi connectivity index (χ3n) is 2.02. The van der Waals surface area contributed by atoms with Crippen LogP contribution in [-0.2, 0) is 22.5 Å². The van der Waals surface area contributed by atoms with Crippen molar-refractivity contribution in [1.29, 1.82) is 0 Å². The zero-order valence-electron chi connectivity index (χ0n) is 9.47. The molecule has 0 spiro atoms. The molecule has 1 rings (SSSR count). The second-order valence-corrected chi connectivity index (χ2v) is 3.99. The van der Waals surface area contributed by atoms with Crippen LogP contribution in [0.25, 0.3) is 0 Å². The van der Waals surface area contributed by atoms with E-state index in [1.807, 2.05) is 11.5 Å². The van der Waals surface area contributed by atoms with Gasteiger partial charge in [0.15, 0.2) is 5.16 Å². The second-order valence-electron chi connectivity index (χ2n) is 3.05. The van der Waals surface area contributed by atoms with Gasteiger partial charge in [-0.15, -0.1) is 10.2 Å². The number of carbonyl (C=O) groups excluding carboxylic acids is 1. The van der Waals surface area contributed by atoms with Crippen molar-refractivity contribution in [3.8, 4) is 0 Å². The molecule has 0 atom stereocenters. The maximum Gasteiger partial charge on any atom is 0.316 e. The number of carbonyl (C=O) groups is 1. The maximum atomic E-state index is 11.0. The van der Waals surface area contributed by atoms with Gasteiger partial charge in [-0.3, -0.25) is 4.79 Å². The lowest BCUT2D eigenvalue weighted by molar-refractivity contribution is -0.137. The van der Waals surface area contributed by atoms with Crippen LogP contribution in [-0.4, -0.2) is 40.1 Å². The number of ether oxygens (including phenoxy) is 1. The number of esters is 1. The molecule has 0 fully saturated rings. The summed E-state index contributed by atoms with van der Waals surface area (Å²) in [6, 6.07) is 0. The Labute approximate surface area is 98.6 Å². The summed E-state index contributed by atoms with van der Waals surface area (Å²) in [4.78, 5) is 11.0. The lowest BCUT2D eigenvalue weighted by Gasteiger charge is -2.05. The molecule has 0 aromatic carbocycles. The van der Waals surface area contributed by atoms with Crippen molar-refractivity contribution in [2.45, 2.75) is 25.0 Å². The molecule has 0 aliphatic heterocycles. The van der Waals surface area contributed by atoms with Gasteiger partial charge in [0, 0.05) is 13.0 Å². The van der Waals surface area contributed by atoms with Crippen LogP contribution in [0.1, 0.15) is 12.7 Å². The monoisotopic (exact) mass is 244 g/mol. The van der Waals surface area contributed by atoms with Crippen LogP contribution in [0.2, 0.25) is 0 Å². The Hall–Kier alpha value is -1.08. The summed E-state index contributed by atoms with van der Waals surface area (Å²) < 4.78 is 6.52. The fraction of sp³-hybridized carbons (Fsp3) is 0.667. The topological polar surface area (TPSA) is 83.0 Å². The van der Waals surface area contributed by atoms with Crippen LogP contribution >= 0.6 is 11.8 Å². The van der Waals surface area contributed by atoms with E-state index in [0.29, 0.717) is 13.0 Å². The summed E-state index contributed by atoms with van der Waals surface area (Å²) in [6.07, 6.45) is 0.694. The Morgan fingerprint density at radius 2 is 2.31 bits per heavy atom. The van der Waals surface area contributed by atoms with Crippen LogP contribution < -0.4 is 5.73 Å². The van der Waals surface area contributed by atoms with Crippen molar-refractivity contribution in [2.24, 2.45) is 5.73 Å². The molecular weight excluding hydrogens is 228 g/mol. The first-order valence-electron chi connectivity index (χ1n) is 5.04. The SMILES string of the molecule is CCn1c(CCN)nnc1SCC(=O)OC. The minimum atomic E-state index is -0.268. The van der Waals surface area contributed by atoms with Crippen LogP contribution in [0.4, 0.5) is 0 Å². The lowest BCUT2D eigenvalue weighted by Crippen LogP contribution is -2.10. The molecule has 0 saturated heterocycles. The number of hydrogen-bond donors (Lipinski definition) is 1. The number of aromatic nitrogens is 3. The largest absolute Gasteiger partial charge is 0.468 e. The average molecular weight is 244 g/mol. The molecule has 1 aromatic heterocycles. The van der Waals surface area contributed by atoms with E-state index in [1.54, 1.807) is 0 Å². The lowest BCUT2D eigenvalue weighted by atomic mass is 10.4. The van der Waals surface area contributed by atoms with Gasteiger partial charge < -0.3 is 15.0 Å². The fourth-order valence-electron chi connectivity index (χ4n) is 1.24. The van der Waals surface area contributed by atoms with Gasteiger partial charge in [0.25, 0.3) is 0 Å². The molecule has 1 aromatic rings. The molecule has 0 aliphatic rings. The first-order chi connectivity index (χ1) is 7.72. The molecular formula is C9H16N4O2S. The van der Waals surface area contributed by atoms with E-state index in [4.69, 9.17) is 5.73 Å². The number of nitrogens with zero attached hydrogens (tertiary/aromatic N) is 3. The summed E-state index contributed by atoms with van der Waals surface area (Å²) >= 11 is 1.32. The van der Waals surface area contributed by atoms with E-state index in [-0.39, 0.29) is 11.7 Å². The van der Waals surface area contributed by atoms with Gasteiger partial charge in [0.1, 0.15) is 5.82 Å². The number of methoxy groups -OCH3 is 1. The van der Waals surface area contributed by atoms with Crippen molar-refractivity contribution in [3.05, 3.63) is 5.82 Å². The van der Waals surface area contributed by atoms with Gasteiger partial charge in [-0.05, 0) is 13.5 Å². The van der Waals surface area contributed by atoms with Gasteiger partial charge >= 0.3 is 5.97 Å². The fourth-order valence-corrected chi connectivity index (χ4v) is 2.09. The van der Waals surface area contributed by atoms with E-state index < -0.39 is 0 Å². The summed E-state index contributed by atoms with van der Waals surface area (Å²) in [6.45, 7) is 3.32. The number of nitrogens with two attached hydrogens (primary N) is 1. The summed E-state index contributed by atoms with van der Waals surface area (Å²) in [5.41, 5.74) is 5.48. The minimum Gasteiger partial charge on any atom is -0.468 e. The number of rotatable bonds is 6. The van der Waals surface area contributed by atoms with E-state index in [1.165, 1.54) is 18.9 Å². The highest BCUT2D eigenvalue weighted by Crippen LogP contribution is 2.17. The molecule has 7 heteroatoms. The van der Waals surface area contributed by atoms with Crippen molar-refractivity contribution in [3.63, 3.8) is 0 Å². The highest BCUT2D eigenvalue weighted by atomic mass is 32.2. The van der Waals surface area contributed by atoms with Crippen molar-refractivity contribution >= 4 is 17.7 Å². The minimum absolute atomic E-state index is 0.247. The summed E-state index contributed by atoms with van der Waals surface area (Å²) in [7, 11) is 1.37. The third kappa shape index (κ3) is 3.21. The zero-order valence-corrected chi connectivity index (χ0v) is 10.3. The van der Waals surface area contributed by atoms with E-state index in [0.717, 1.165) is 17.5 Å². The molecule has 90 valence electrons. The summed E-state index contributed by atoms with van der Waals surface area (Å²) in [5, 5.41) is 8.80. The van der Waals surface area contributed by atoms with Crippen molar-refractivity contribution in [1.82, 2.24) is 14.8 Å². The van der Waals surface area contributed by atoms with E-state index in [9.17, 15) is 4.79 Å². The van der Waals surface area contributed by atoms with Gasteiger partial charge in [-0.2, -0.15) is 0 Å². The van der Waals surface area contributed by atoms with Gasteiger partial charge in [0.05, 0.1) is 12.9 Å². The van der Waals surface area contributed by atoms with Crippen molar-refractivity contribution in [2.75, 3.05) is 19.4 Å². The molecule has 0 unspecified atom stereocenters. The molecule has 0 saturated carbocycles. The van der Waals surface area contributed by atoms with Crippen LogP contribution in [0, 0.1) is 0 Å². The molecule has 0 aliphatic carbocycles. The zero-order chi connectivity index (χ0) is 12.0. The Balaban J connectivity index is 2.68. The standard InChI is InChI=1S/C9H16N4O2S/c1-3-13-7(4-5-10)11-12-9(13)16-6-8(14)15-2/h3-6,10H2,1-2H3. The van der Waals surface area contributed by atoms with Crippen LogP contribution in [0.3, 0.4) is 0 Å². The predicted octanol–water partition coefficient (Wildman–Crippen LogP) is 0.0643. The molecule has 0 amide bonds. The molecule has 6 nitrogen and oxygen atoms in total. The van der Waals surface area contributed by atoms with Crippen LogP contribution in [0.5, 0.6) is 0 Å². The van der Waals surface area contributed by atoms with Gasteiger partial charge in [-0.25, -0.2) is 0 Å².